The average Bonchev–Trinajstić information content (AvgIpc) is 3.26. The third kappa shape index (κ3) is 3.76. The van der Waals surface area contributed by atoms with Crippen molar-refractivity contribution in [3.8, 4) is 0 Å². The number of furan rings is 1. The van der Waals surface area contributed by atoms with E-state index in [1.54, 1.807) is 17.6 Å². The summed E-state index contributed by atoms with van der Waals surface area (Å²) in [5, 5.41) is 2.09. The number of carbonyl (C=O) groups excluding carboxylic acids is 1. The smallest absolute Gasteiger partial charge is 0.226 e. The van der Waals surface area contributed by atoms with Gasteiger partial charge in [-0.05, 0) is 42.8 Å². The topological polar surface area (TPSA) is 33.5 Å². The van der Waals surface area contributed by atoms with E-state index in [1.807, 2.05) is 17.0 Å². The lowest BCUT2D eigenvalue weighted by Crippen LogP contribution is -2.36. The van der Waals surface area contributed by atoms with Crippen molar-refractivity contribution < 1.29 is 9.21 Å². The first-order chi connectivity index (χ1) is 10.3. The molecule has 112 valence electrons. The second kappa shape index (κ2) is 6.94. The SMILES string of the molecule is O=C(C1CCCC1)N(CCc1cccs1)Cc1ccco1. The molecule has 0 spiro atoms. The van der Waals surface area contributed by atoms with Crippen LogP contribution in [0.2, 0.25) is 0 Å². The van der Waals surface area contributed by atoms with Gasteiger partial charge in [0.05, 0.1) is 12.8 Å². The van der Waals surface area contributed by atoms with E-state index in [0.29, 0.717) is 12.5 Å². The van der Waals surface area contributed by atoms with Crippen molar-refractivity contribution >= 4 is 17.2 Å². The summed E-state index contributed by atoms with van der Waals surface area (Å²) in [6.45, 7) is 1.37. The van der Waals surface area contributed by atoms with Gasteiger partial charge in [0.25, 0.3) is 0 Å². The number of thiophene rings is 1. The molecule has 3 nitrogen and oxygen atoms in total. The fourth-order valence-electron chi connectivity index (χ4n) is 2.99. The molecule has 1 fully saturated rings. The lowest BCUT2D eigenvalue weighted by Gasteiger charge is -2.24. The summed E-state index contributed by atoms with van der Waals surface area (Å²) >= 11 is 1.76. The second-order valence-electron chi connectivity index (χ2n) is 5.65. The summed E-state index contributed by atoms with van der Waals surface area (Å²) in [7, 11) is 0. The Hall–Kier alpha value is -1.55. The molecule has 0 aliphatic heterocycles. The standard InChI is InChI=1S/C17H21NO2S/c19-17(14-5-1-2-6-14)18(13-15-7-3-11-20-15)10-9-16-8-4-12-21-16/h3-4,7-8,11-12,14H,1-2,5-6,9-10,13H2. The maximum absolute atomic E-state index is 12.7. The first kappa shape index (κ1) is 14.4. The van der Waals surface area contributed by atoms with Gasteiger partial charge in [-0.1, -0.05) is 18.9 Å². The van der Waals surface area contributed by atoms with Crippen molar-refractivity contribution in [1.29, 1.82) is 0 Å². The molecule has 21 heavy (non-hydrogen) atoms. The van der Waals surface area contributed by atoms with Crippen LogP contribution in [0, 0.1) is 5.92 Å². The highest BCUT2D eigenvalue weighted by Crippen LogP contribution is 2.27. The van der Waals surface area contributed by atoms with Crippen molar-refractivity contribution in [3.63, 3.8) is 0 Å². The average molecular weight is 303 g/mol. The van der Waals surface area contributed by atoms with Gasteiger partial charge in [-0.15, -0.1) is 11.3 Å². The molecule has 2 heterocycles. The van der Waals surface area contributed by atoms with Gasteiger partial charge in [0.1, 0.15) is 5.76 Å². The van der Waals surface area contributed by atoms with E-state index >= 15 is 0 Å². The lowest BCUT2D eigenvalue weighted by atomic mass is 10.1. The van der Waals surface area contributed by atoms with Gasteiger partial charge in [0.2, 0.25) is 5.91 Å². The van der Waals surface area contributed by atoms with E-state index in [9.17, 15) is 4.79 Å². The largest absolute Gasteiger partial charge is 0.467 e. The Balaban J connectivity index is 1.65. The zero-order valence-corrected chi connectivity index (χ0v) is 13.0. The Kier molecular flexibility index (Phi) is 4.76. The summed E-state index contributed by atoms with van der Waals surface area (Å²) in [5.74, 6) is 1.40. The molecule has 1 amide bonds. The number of hydrogen-bond acceptors (Lipinski definition) is 3. The van der Waals surface area contributed by atoms with Crippen LogP contribution in [-0.2, 0) is 17.8 Å². The van der Waals surface area contributed by atoms with Gasteiger partial charge in [-0.25, -0.2) is 0 Å². The number of nitrogens with zero attached hydrogens (tertiary/aromatic N) is 1. The Bertz CT molecular complexity index is 541. The van der Waals surface area contributed by atoms with Crippen molar-refractivity contribution in [1.82, 2.24) is 4.90 Å². The summed E-state index contributed by atoms with van der Waals surface area (Å²) in [5.41, 5.74) is 0. The molecule has 2 aromatic heterocycles. The van der Waals surface area contributed by atoms with Crippen molar-refractivity contribution in [2.45, 2.75) is 38.6 Å². The minimum atomic E-state index is 0.225. The molecule has 4 heteroatoms. The van der Waals surface area contributed by atoms with Gasteiger partial charge < -0.3 is 9.32 Å². The number of rotatable bonds is 6. The zero-order valence-electron chi connectivity index (χ0n) is 12.2. The fourth-order valence-corrected chi connectivity index (χ4v) is 3.69. The minimum absolute atomic E-state index is 0.225. The molecule has 1 aliphatic carbocycles. The van der Waals surface area contributed by atoms with E-state index in [0.717, 1.165) is 31.6 Å². The van der Waals surface area contributed by atoms with Crippen LogP contribution in [0.3, 0.4) is 0 Å². The lowest BCUT2D eigenvalue weighted by molar-refractivity contribution is -0.136. The van der Waals surface area contributed by atoms with Crippen LogP contribution in [-0.4, -0.2) is 17.4 Å². The van der Waals surface area contributed by atoms with E-state index in [2.05, 4.69) is 17.5 Å². The molecule has 0 aromatic carbocycles. The highest BCUT2D eigenvalue weighted by molar-refractivity contribution is 7.09. The summed E-state index contributed by atoms with van der Waals surface area (Å²) in [4.78, 5) is 16.0. The van der Waals surface area contributed by atoms with Crippen LogP contribution in [0.5, 0.6) is 0 Å². The maximum atomic E-state index is 12.7. The Morgan fingerprint density at radius 3 is 2.81 bits per heavy atom. The van der Waals surface area contributed by atoms with Gasteiger partial charge in [0.15, 0.2) is 0 Å². The normalized spacial score (nSPS) is 15.4. The summed E-state index contributed by atoms with van der Waals surface area (Å²) in [6, 6.07) is 8.03. The van der Waals surface area contributed by atoms with Crippen LogP contribution in [0.4, 0.5) is 0 Å². The van der Waals surface area contributed by atoms with Crippen LogP contribution in [0.25, 0.3) is 0 Å². The monoisotopic (exact) mass is 303 g/mol. The number of amides is 1. The minimum Gasteiger partial charge on any atom is -0.467 e. The molecular formula is C17H21NO2S. The van der Waals surface area contributed by atoms with Crippen LogP contribution in [0.1, 0.15) is 36.3 Å². The Morgan fingerprint density at radius 2 is 2.14 bits per heavy atom. The van der Waals surface area contributed by atoms with Gasteiger partial charge in [0, 0.05) is 17.3 Å². The third-order valence-electron chi connectivity index (χ3n) is 4.15. The van der Waals surface area contributed by atoms with E-state index in [1.165, 1.54) is 17.7 Å². The molecule has 2 aromatic rings. The van der Waals surface area contributed by atoms with Crippen LogP contribution < -0.4 is 0 Å². The molecular weight excluding hydrogens is 282 g/mol. The molecule has 0 bridgehead atoms. The highest BCUT2D eigenvalue weighted by atomic mass is 32.1. The molecule has 3 rings (SSSR count). The number of hydrogen-bond donors (Lipinski definition) is 0. The molecule has 0 saturated heterocycles. The van der Waals surface area contributed by atoms with Gasteiger partial charge in [-0.3, -0.25) is 4.79 Å². The first-order valence-corrected chi connectivity index (χ1v) is 8.54. The molecule has 0 radical (unpaired) electrons. The van der Waals surface area contributed by atoms with Crippen molar-refractivity contribution in [3.05, 3.63) is 46.5 Å². The summed E-state index contributed by atoms with van der Waals surface area (Å²) < 4.78 is 5.42. The Labute approximate surface area is 129 Å². The predicted octanol–water partition coefficient (Wildman–Crippen LogP) is 4.10. The van der Waals surface area contributed by atoms with Crippen molar-refractivity contribution in [2.75, 3.05) is 6.54 Å². The van der Waals surface area contributed by atoms with Gasteiger partial charge in [-0.2, -0.15) is 0 Å². The molecule has 1 aliphatic rings. The molecule has 0 unspecified atom stereocenters. The molecule has 0 N–H and O–H groups in total. The zero-order chi connectivity index (χ0) is 14.5. The fraction of sp³-hybridized carbons (Fsp3) is 0.471. The predicted molar refractivity (Wildman–Crippen MR) is 84.1 cm³/mol. The van der Waals surface area contributed by atoms with E-state index in [4.69, 9.17) is 4.42 Å². The first-order valence-electron chi connectivity index (χ1n) is 7.66. The van der Waals surface area contributed by atoms with Crippen LogP contribution >= 0.6 is 11.3 Å². The number of carbonyl (C=O) groups is 1. The van der Waals surface area contributed by atoms with E-state index < -0.39 is 0 Å². The second-order valence-corrected chi connectivity index (χ2v) is 6.68. The Morgan fingerprint density at radius 1 is 1.29 bits per heavy atom. The third-order valence-corrected chi connectivity index (χ3v) is 5.09. The van der Waals surface area contributed by atoms with Crippen molar-refractivity contribution in [2.24, 2.45) is 5.92 Å². The molecule has 1 saturated carbocycles. The molecule has 0 atom stereocenters. The maximum Gasteiger partial charge on any atom is 0.226 e. The summed E-state index contributed by atoms with van der Waals surface area (Å²) in [6.07, 6.45) is 7.08. The van der Waals surface area contributed by atoms with Crippen LogP contribution in [0.15, 0.2) is 40.3 Å². The highest BCUT2D eigenvalue weighted by Gasteiger charge is 2.27. The van der Waals surface area contributed by atoms with Gasteiger partial charge >= 0.3 is 0 Å². The quantitative estimate of drug-likeness (QED) is 0.805. The van der Waals surface area contributed by atoms with E-state index in [-0.39, 0.29) is 5.92 Å².